The van der Waals surface area contributed by atoms with Gasteiger partial charge in [0.25, 0.3) is 0 Å². The van der Waals surface area contributed by atoms with Crippen LogP contribution in [0.1, 0.15) is 58.4 Å². The van der Waals surface area contributed by atoms with Crippen LogP contribution in [-0.2, 0) is 16.0 Å². The molecule has 1 aromatic heterocycles. The Kier molecular flexibility index (Phi) is 6.15. The molecule has 2 amide bonds. The molecule has 2 heterocycles. The number of amides is 2. The third kappa shape index (κ3) is 4.79. The second-order valence-electron chi connectivity index (χ2n) is 11.2. The molecule has 1 atom stereocenters. The minimum absolute atomic E-state index is 0.122. The van der Waals surface area contributed by atoms with E-state index < -0.39 is 11.5 Å². The number of carbonyl (C=O) groups excluding carboxylic acids is 2. The molecule has 0 saturated carbocycles. The molecule has 3 aromatic rings. The van der Waals surface area contributed by atoms with E-state index in [9.17, 15) is 9.59 Å². The lowest BCUT2D eigenvalue weighted by Gasteiger charge is -2.40. The van der Waals surface area contributed by atoms with E-state index >= 15 is 0 Å². The van der Waals surface area contributed by atoms with Gasteiger partial charge in [0.2, 0.25) is 11.8 Å². The lowest BCUT2D eigenvalue weighted by Crippen LogP contribution is -2.59. The maximum absolute atomic E-state index is 13.8. The van der Waals surface area contributed by atoms with Crippen LogP contribution in [0.5, 0.6) is 0 Å². The van der Waals surface area contributed by atoms with E-state index in [-0.39, 0.29) is 17.4 Å². The van der Waals surface area contributed by atoms with Crippen LogP contribution >= 0.6 is 0 Å². The van der Waals surface area contributed by atoms with E-state index in [1.807, 2.05) is 84.0 Å². The summed E-state index contributed by atoms with van der Waals surface area (Å²) in [5, 5.41) is 4.26. The summed E-state index contributed by atoms with van der Waals surface area (Å²) in [5.74, 6) is -0.269. The zero-order chi connectivity index (χ0) is 24.7. The molecule has 178 valence electrons. The molecule has 0 fully saturated rings. The molecule has 1 aliphatic rings. The van der Waals surface area contributed by atoms with Crippen molar-refractivity contribution in [2.24, 2.45) is 5.41 Å². The van der Waals surface area contributed by atoms with Gasteiger partial charge in [0.15, 0.2) is 0 Å². The molecular formula is C29H35N3O2. The van der Waals surface area contributed by atoms with Crippen LogP contribution in [0.3, 0.4) is 0 Å². The molecule has 0 radical (unpaired) electrons. The highest BCUT2D eigenvalue weighted by Crippen LogP contribution is 2.35. The molecule has 1 aliphatic heterocycles. The molecule has 0 spiro atoms. The summed E-state index contributed by atoms with van der Waals surface area (Å²) in [7, 11) is 0. The maximum Gasteiger partial charge on any atom is 0.247 e. The van der Waals surface area contributed by atoms with Crippen molar-refractivity contribution in [3.8, 4) is 0 Å². The third-order valence-corrected chi connectivity index (χ3v) is 6.20. The summed E-state index contributed by atoms with van der Waals surface area (Å²) in [6.45, 7) is 12.4. The lowest BCUT2D eigenvalue weighted by molar-refractivity contribution is -0.142. The largest absolute Gasteiger partial charge is 0.354 e. The van der Waals surface area contributed by atoms with Crippen molar-refractivity contribution in [2.45, 2.75) is 59.5 Å². The SMILES string of the molecule is CC(C)(C)NC(=O)C(N1CCc2c([nH]c3ccccc23)/C(c2ccccc2)=C\C1=O)C(C)(C)C. The number of fused-ring (bicyclic) bond motifs is 3. The molecule has 2 N–H and O–H groups in total. The molecule has 4 rings (SSSR count). The first kappa shape index (κ1) is 23.8. The van der Waals surface area contributed by atoms with Gasteiger partial charge in [-0.2, -0.15) is 0 Å². The van der Waals surface area contributed by atoms with Crippen LogP contribution in [0.2, 0.25) is 0 Å². The van der Waals surface area contributed by atoms with E-state index in [2.05, 4.69) is 22.4 Å². The highest BCUT2D eigenvalue weighted by atomic mass is 16.2. The number of aromatic nitrogens is 1. The van der Waals surface area contributed by atoms with Gasteiger partial charge in [-0.25, -0.2) is 0 Å². The normalized spacial score (nSPS) is 17.4. The van der Waals surface area contributed by atoms with Gasteiger partial charge in [-0.05, 0) is 49.8 Å². The topological polar surface area (TPSA) is 65.2 Å². The van der Waals surface area contributed by atoms with Crippen LogP contribution in [0, 0.1) is 5.41 Å². The van der Waals surface area contributed by atoms with E-state index in [1.54, 1.807) is 11.0 Å². The van der Waals surface area contributed by atoms with Crippen molar-refractivity contribution in [1.82, 2.24) is 15.2 Å². The number of nitrogens with zero attached hydrogens (tertiary/aromatic N) is 1. The molecule has 34 heavy (non-hydrogen) atoms. The van der Waals surface area contributed by atoms with Crippen molar-refractivity contribution < 1.29 is 9.59 Å². The fourth-order valence-corrected chi connectivity index (χ4v) is 4.85. The third-order valence-electron chi connectivity index (χ3n) is 6.20. The number of hydrogen-bond donors (Lipinski definition) is 2. The smallest absolute Gasteiger partial charge is 0.247 e. The predicted octanol–water partition coefficient (Wildman–Crippen LogP) is 5.31. The number of carbonyl (C=O) groups is 2. The first-order valence-electron chi connectivity index (χ1n) is 12.0. The zero-order valence-electron chi connectivity index (χ0n) is 21.0. The summed E-state index contributed by atoms with van der Waals surface area (Å²) < 4.78 is 0. The van der Waals surface area contributed by atoms with E-state index in [0.717, 1.165) is 27.7 Å². The van der Waals surface area contributed by atoms with Gasteiger partial charge in [-0.1, -0.05) is 69.3 Å². The van der Waals surface area contributed by atoms with Crippen molar-refractivity contribution in [3.63, 3.8) is 0 Å². The molecule has 0 aliphatic carbocycles. The van der Waals surface area contributed by atoms with Crippen molar-refractivity contribution in [2.75, 3.05) is 6.54 Å². The number of benzene rings is 2. The Morgan fingerprint density at radius 1 is 0.971 bits per heavy atom. The van der Waals surface area contributed by atoms with Crippen molar-refractivity contribution >= 4 is 28.3 Å². The van der Waals surface area contributed by atoms with Crippen LogP contribution in [0.4, 0.5) is 0 Å². The average Bonchev–Trinajstić information content (AvgIpc) is 3.09. The average molecular weight is 458 g/mol. The number of aromatic amines is 1. The maximum atomic E-state index is 13.8. The Morgan fingerprint density at radius 3 is 2.26 bits per heavy atom. The quantitative estimate of drug-likeness (QED) is 0.559. The van der Waals surface area contributed by atoms with Gasteiger partial charge >= 0.3 is 0 Å². The Hall–Kier alpha value is -3.34. The Morgan fingerprint density at radius 2 is 1.62 bits per heavy atom. The van der Waals surface area contributed by atoms with E-state index in [1.165, 1.54) is 5.56 Å². The van der Waals surface area contributed by atoms with E-state index in [0.29, 0.717) is 13.0 Å². The Balaban J connectivity index is 1.87. The van der Waals surface area contributed by atoms with Crippen molar-refractivity contribution in [3.05, 3.63) is 77.5 Å². The number of H-pyrrole nitrogens is 1. The van der Waals surface area contributed by atoms with Gasteiger partial charge in [0.1, 0.15) is 6.04 Å². The fraction of sp³-hybridized carbons (Fsp3) is 0.379. The van der Waals surface area contributed by atoms with Gasteiger partial charge in [-0.15, -0.1) is 0 Å². The predicted molar refractivity (Wildman–Crippen MR) is 138 cm³/mol. The minimum Gasteiger partial charge on any atom is -0.354 e. The minimum atomic E-state index is -0.598. The number of para-hydroxylation sites is 1. The number of rotatable bonds is 3. The lowest BCUT2D eigenvalue weighted by atomic mass is 9.83. The van der Waals surface area contributed by atoms with Gasteiger partial charge in [-0.3, -0.25) is 9.59 Å². The summed E-state index contributed by atoms with van der Waals surface area (Å²) in [5.41, 5.74) is 4.20. The van der Waals surface area contributed by atoms with Gasteiger partial charge in [0.05, 0.1) is 5.69 Å². The van der Waals surface area contributed by atoms with Crippen LogP contribution < -0.4 is 5.32 Å². The monoisotopic (exact) mass is 457 g/mol. The van der Waals surface area contributed by atoms with Crippen LogP contribution in [0.15, 0.2) is 60.7 Å². The second kappa shape index (κ2) is 8.79. The second-order valence-corrected chi connectivity index (χ2v) is 11.2. The van der Waals surface area contributed by atoms with Gasteiger partial charge in [0, 0.05) is 34.6 Å². The fourth-order valence-electron chi connectivity index (χ4n) is 4.85. The van der Waals surface area contributed by atoms with Crippen molar-refractivity contribution in [1.29, 1.82) is 0 Å². The molecule has 0 saturated heterocycles. The summed E-state index contributed by atoms with van der Waals surface area (Å²) in [6, 6.07) is 17.6. The van der Waals surface area contributed by atoms with Crippen LogP contribution in [0.25, 0.3) is 16.5 Å². The molecule has 2 aromatic carbocycles. The summed E-state index contributed by atoms with van der Waals surface area (Å²) >= 11 is 0. The first-order valence-corrected chi connectivity index (χ1v) is 12.0. The Labute approximate surface area is 202 Å². The van der Waals surface area contributed by atoms with Crippen LogP contribution in [-0.4, -0.2) is 39.8 Å². The molecule has 0 bridgehead atoms. The summed E-state index contributed by atoms with van der Waals surface area (Å²) in [6.07, 6.45) is 2.36. The molecule has 5 heteroatoms. The number of hydrogen-bond acceptors (Lipinski definition) is 2. The highest BCUT2D eigenvalue weighted by molar-refractivity contribution is 6.03. The molecule has 5 nitrogen and oxygen atoms in total. The Bertz CT molecular complexity index is 1240. The first-order chi connectivity index (χ1) is 16.0. The number of nitrogens with one attached hydrogen (secondary N) is 2. The zero-order valence-corrected chi connectivity index (χ0v) is 21.0. The molecule has 1 unspecified atom stereocenters. The highest BCUT2D eigenvalue weighted by Gasteiger charge is 2.40. The molecular weight excluding hydrogens is 422 g/mol. The van der Waals surface area contributed by atoms with E-state index in [4.69, 9.17) is 0 Å². The summed E-state index contributed by atoms with van der Waals surface area (Å²) in [4.78, 5) is 32.6. The standard InChI is InChI=1S/C29H35N3O2/c1-28(2,3)26(27(34)31-29(4,5)6)32-17-16-21-20-14-10-11-15-23(20)30-25(21)22(18-24(32)33)19-12-8-7-9-13-19/h7-15,18,26,30H,16-17H2,1-6H3,(H,31,34)/b22-18-. The van der Waals surface area contributed by atoms with Gasteiger partial charge < -0.3 is 15.2 Å².